The fourth-order valence-electron chi connectivity index (χ4n) is 4.28. The molecule has 0 atom stereocenters. The summed E-state index contributed by atoms with van der Waals surface area (Å²) in [6.45, 7) is 9.63. The maximum Gasteiger partial charge on any atom is 0.275 e. The van der Waals surface area contributed by atoms with Crippen LogP contribution in [-0.2, 0) is 11.2 Å². The lowest BCUT2D eigenvalue weighted by Gasteiger charge is -2.34. The van der Waals surface area contributed by atoms with Gasteiger partial charge in [0.05, 0.1) is 26.2 Å². The number of nitrogens with one attached hydrogen (secondary N) is 3. The summed E-state index contributed by atoms with van der Waals surface area (Å²) in [5.74, 6) is 0.153. The summed E-state index contributed by atoms with van der Waals surface area (Å²) in [7, 11) is 0. The summed E-state index contributed by atoms with van der Waals surface area (Å²) >= 11 is 0. The minimum absolute atomic E-state index is 0.153. The zero-order valence-electron chi connectivity index (χ0n) is 17.4. The first-order chi connectivity index (χ1) is 14.1. The molecule has 0 bridgehead atoms. The van der Waals surface area contributed by atoms with E-state index in [1.165, 1.54) is 32.7 Å². The molecule has 1 aliphatic rings. The lowest BCUT2D eigenvalue weighted by atomic mass is 10.1. The number of benzene rings is 2. The lowest BCUT2D eigenvalue weighted by molar-refractivity contribution is -0.892. The monoisotopic (exact) mass is 391 g/mol. The van der Waals surface area contributed by atoms with Gasteiger partial charge in [-0.3, -0.25) is 4.79 Å². The molecule has 0 radical (unpaired) electrons. The van der Waals surface area contributed by atoms with E-state index < -0.39 is 0 Å². The van der Waals surface area contributed by atoms with Crippen molar-refractivity contribution in [1.82, 2.24) is 10.3 Å². The molecule has 1 amide bonds. The van der Waals surface area contributed by atoms with Crippen LogP contribution in [0.15, 0.2) is 48.7 Å². The van der Waals surface area contributed by atoms with Crippen LogP contribution in [0.3, 0.4) is 0 Å². The highest BCUT2D eigenvalue weighted by Gasteiger charge is 2.23. The molecule has 0 unspecified atom stereocenters. The van der Waals surface area contributed by atoms with Crippen molar-refractivity contribution in [1.29, 1.82) is 0 Å². The second-order valence-corrected chi connectivity index (χ2v) is 8.09. The van der Waals surface area contributed by atoms with Gasteiger partial charge in [0.2, 0.25) is 0 Å². The van der Waals surface area contributed by atoms with Crippen LogP contribution in [0, 0.1) is 13.8 Å². The molecule has 1 aliphatic heterocycles. The highest BCUT2D eigenvalue weighted by Crippen LogP contribution is 2.22. The number of amides is 1. The first-order valence-corrected chi connectivity index (χ1v) is 10.6. The SMILES string of the molecule is Cc1cccc(N2CC[NH+](CC(=O)NCCc3c[nH]c4ccccc34)CC2)c1C. The smallest absolute Gasteiger partial charge is 0.275 e. The largest absolute Gasteiger partial charge is 0.361 e. The van der Waals surface area contributed by atoms with Gasteiger partial charge in [0, 0.05) is 29.3 Å². The van der Waals surface area contributed by atoms with Crippen LogP contribution in [0.4, 0.5) is 5.69 Å². The molecular weight excluding hydrogens is 360 g/mol. The van der Waals surface area contributed by atoms with Crippen molar-refractivity contribution in [3.05, 3.63) is 65.4 Å². The van der Waals surface area contributed by atoms with Gasteiger partial charge in [-0.25, -0.2) is 0 Å². The molecule has 0 saturated carbocycles. The second-order valence-electron chi connectivity index (χ2n) is 8.09. The Morgan fingerprint density at radius 1 is 1.10 bits per heavy atom. The Morgan fingerprint density at radius 2 is 1.90 bits per heavy atom. The summed E-state index contributed by atoms with van der Waals surface area (Å²) in [4.78, 5) is 19.5. The number of hydrogen-bond acceptors (Lipinski definition) is 2. The van der Waals surface area contributed by atoms with Crippen molar-refractivity contribution in [3.63, 3.8) is 0 Å². The van der Waals surface area contributed by atoms with Gasteiger partial charge >= 0.3 is 0 Å². The number of carbonyl (C=O) groups excluding carboxylic acids is 1. The topological polar surface area (TPSA) is 52.6 Å². The van der Waals surface area contributed by atoms with E-state index >= 15 is 0 Å². The third-order valence-corrected chi connectivity index (χ3v) is 6.19. The van der Waals surface area contributed by atoms with Gasteiger partial charge in [0.1, 0.15) is 0 Å². The van der Waals surface area contributed by atoms with E-state index in [0.717, 1.165) is 38.1 Å². The van der Waals surface area contributed by atoms with Gasteiger partial charge in [0.15, 0.2) is 6.54 Å². The Kier molecular flexibility index (Phi) is 5.86. The number of fused-ring (bicyclic) bond motifs is 1. The minimum Gasteiger partial charge on any atom is -0.361 e. The number of aryl methyl sites for hydroxylation is 1. The molecule has 2 heterocycles. The molecule has 1 fully saturated rings. The lowest BCUT2D eigenvalue weighted by Crippen LogP contribution is -3.16. The van der Waals surface area contributed by atoms with Crippen LogP contribution >= 0.6 is 0 Å². The molecule has 4 rings (SSSR count). The predicted octanol–water partition coefficient (Wildman–Crippen LogP) is 1.85. The van der Waals surface area contributed by atoms with Gasteiger partial charge < -0.3 is 20.1 Å². The molecule has 0 aliphatic carbocycles. The van der Waals surface area contributed by atoms with E-state index in [2.05, 4.69) is 71.6 Å². The van der Waals surface area contributed by atoms with Crippen molar-refractivity contribution in [3.8, 4) is 0 Å². The van der Waals surface area contributed by atoms with Crippen molar-refractivity contribution in [2.75, 3.05) is 44.2 Å². The molecule has 152 valence electrons. The van der Waals surface area contributed by atoms with E-state index in [1.807, 2.05) is 6.07 Å². The van der Waals surface area contributed by atoms with Crippen LogP contribution in [0.2, 0.25) is 0 Å². The highest BCUT2D eigenvalue weighted by atomic mass is 16.2. The van der Waals surface area contributed by atoms with Crippen molar-refractivity contribution < 1.29 is 9.69 Å². The van der Waals surface area contributed by atoms with E-state index in [1.54, 1.807) is 0 Å². The number of anilines is 1. The molecule has 0 spiro atoms. The quantitative estimate of drug-likeness (QED) is 0.601. The molecule has 1 aromatic heterocycles. The maximum atomic E-state index is 12.4. The first-order valence-electron chi connectivity index (χ1n) is 10.6. The van der Waals surface area contributed by atoms with Crippen molar-refractivity contribution in [2.24, 2.45) is 0 Å². The van der Waals surface area contributed by atoms with Crippen LogP contribution in [-0.4, -0.2) is 50.2 Å². The Balaban J connectivity index is 1.22. The number of H-pyrrole nitrogens is 1. The van der Waals surface area contributed by atoms with Crippen LogP contribution < -0.4 is 15.1 Å². The number of rotatable bonds is 6. The normalized spacial score (nSPS) is 15.0. The molecule has 5 heteroatoms. The van der Waals surface area contributed by atoms with Crippen molar-refractivity contribution in [2.45, 2.75) is 20.3 Å². The number of quaternary nitrogens is 1. The third-order valence-electron chi connectivity index (χ3n) is 6.19. The summed E-state index contributed by atoms with van der Waals surface area (Å²) in [5.41, 5.74) is 6.46. The van der Waals surface area contributed by atoms with Crippen LogP contribution in [0.1, 0.15) is 16.7 Å². The van der Waals surface area contributed by atoms with E-state index in [9.17, 15) is 4.79 Å². The number of hydrogen-bond donors (Lipinski definition) is 3. The molecule has 29 heavy (non-hydrogen) atoms. The number of carbonyl (C=O) groups is 1. The summed E-state index contributed by atoms with van der Waals surface area (Å²) < 4.78 is 0. The molecule has 2 aromatic carbocycles. The van der Waals surface area contributed by atoms with Crippen molar-refractivity contribution >= 4 is 22.5 Å². The van der Waals surface area contributed by atoms with Gasteiger partial charge in [-0.1, -0.05) is 30.3 Å². The summed E-state index contributed by atoms with van der Waals surface area (Å²) in [5, 5.41) is 4.35. The zero-order valence-corrected chi connectivity index (χ0v) is 17.4. The first kappa shape index (κ1) is 19.5. The molecule has 5 nitrogen and oxygen atoms in total. The van der Waals surface area contributed by atoms with E-state index in [0.29, 0.717) is 13.1 Å². The fourth-order valence-corrected chi connectivity index (χ4v) is 4.28. The van der Waals surface area contributed by atoms with Gasteiger partial charge in [-0.2, -0.15) is 0 Å². The summed E-state index contributed by atoms with van der Waals surface area (Å²) in [6.07, 6.45) is 2.90. The predicted molar refractivity (Wildman–Crippen MR) is 119 cm³/mol. The Labute approximate surface area is 172 Å². The number of para-hydroxylation sites is 1. The fraction of sp³-hybridized carbons (Fsp3) is 0.375. The Bertz CT molecular complexity index is 985. The molecule has 3 aromatic rings. The van der Waals surface area contributed by atoms with Crippen LogP contribution in [0.25, 0.3) is 10.9 Å². The van der Waals surface area contributed by atoms with Gasteiger partial charge in [-0.05, 0) is 49.1 Å². The van der Waals surface area contributed by atoms with Crippen LogP contribution in [0.5, 0.6) is 0 Å². The Hall–Kier alpha value is -2.79. The maximum absolute atomic E-state index is 12.4. The van der Waals surface area contributed by atoms with E-state index in [-0.39, 0.29) is 5.91 Å². The standard InChI is InChI=1S/C24H30N4O/c1-18-6-5-9-23(19(18)2)28-14-12-27(13-15-28)17-24(29)25-11-10-20-16-26-22-8-4-3-7-21(20)22/h3-9,16,26H,10-15,17H2,1-2H3,(H,25,29)/p+1. The number of nitrogens with zero attached hydrogens (tertiary/aromatic N) is 1. The van der Waals surface area contributed by atoms with E-state index in [4.69, 9.17) is 0 Å². The van der Waals surface area contributed by atoms with Gasteiger partial charge in [0.25, 0.3) is 5.91 Å². The molecular formula is C24H31N4O+. The average Bonchev–Trinajstić information content (AvgIpc) is 3.14. The minimum atomic E-state index is 0.153. The molecule has 1 saturated heterocycles. The van der Waals surface area contributed by atoms with Gasteiger partial charge in [-0.15, -0.1) is 0 Å². The highest BCUT2D eigenvalue weighted by molar-refractivity contribution is 5.83. The third kappa shape index (κ3) is 4.46. The average molecular weight is 392 g/mol. The zero-order chi connectivity index (χ0) is 20.2. The Morgan fingerprint density at radius 3 is 2.72 bits per heavy atom. The summed E-state index contributed by atoms with van der Waals surface area (Å²) in [6, 6.07) is 14.8. The molecule has 3 N–H and O–H groups in total. The number of aromatic nitrogens is 1. The number of piperazine rings is 1. The number of aromatic amines is 1. The second kappa shape index (κ2) is 8.70.